The second-order valence-corrected chi connectivity index (χ2v) is 4.35. The number of rotatable bonds is 0. The summed E-state index contributed by atoms with van der Waals surface area (Å²) in [6.07, 6.45) is 0. The molecule has 4 nitrogen and oxygen atoms in total. The molecule has 0 aliphatic heterocycles. The van der Waals surface area contributed by atoms with Gasteiger partial charge >= 0.3 is 0 Å². The highest BCUT2D eigenvalue weighted by Crippen LogP contribution is 2.31. The van der Waals surface area contributed by atoms with Crippen LogP contribution in [-0.4, -0.2) is 9.97 Å². The summed E-state index contributed by atoms with van der Waals surface area (Å²) < 4.78 is 0. The minimum Gasteiger partial charge on any atom is -0.389 e. The second kappa shape index (κ2) is 3.15. The lowest BCUT2D eigenvalue weighted by Gasteiger charge is -1.95. The Kier molecular flexibility index (Phi) is 1.79. The molecule has 0 spiro atoms. The van der Waals surface area contributed by atoms with E-state index in [4.69, 9.17) is 11.0 Å². The minimum atomic E-state index is 0.429. The van der Waals surface area contributed by atoms with Gasteiger partial charge in [-0.1, -0.05) is 23.5 Å². The Morgan fingerprint density at radius 1 is 1.19 bits per heavy atom. The van der Waals surface area contributed by atoms with Gasteiger partial charge in [-0.05, 0) is 12.1 Å². The standard InChI is InChI=1S/C11H6N4S/c12-5-6-9-11(16-10(6)13)15-8-4-2-1-3-7(8)14-9/h1-4H,13H2. The third-order valence-electron chi connectivity index (χ3n) is 2.34. The first kappa shape index (κ1) is 9.07. The van der Waals surface area contributed by atoms with E-state index in [0.29, 0.717) is 20.9 Å². The summed E-state index contributed by atoms with van der Waals surface area (Å²) in [6, 6.07) is 9.63. The first-order valence-corrected chi connectivity index (χ1v) is 5.46. The molecule has 3 rings (SSSR count). The maximum Gasteiger partial charge on any atom is 0.145 e. The number of aromatic nitrogens is 2. The molecule has 3 aromatic rings. The van der Waals surface area contributed by atoms with Crippen LogP contribution in [0.1, 0.15) is 5.56 Å². The molecule has 0 fully saturated rings. The summed E-state index contributed by atoms with van der Waals surface area (Å²) in [5, 5.41) is 9.47. The fourth-order valence-electron chi connectivity index (χ4n) is 1.60. The number of nitrogens with two attached hydrogens (primary N) is 1. The van der Waals surface area contributed by atoms with Crippen molar-refractivity contribution < 1.29 is 0 Å². The number of anilines is 1. The highest BCUT2D eigenvalue weighted by atomic mass is 32.1. The van der Waals surface area contributed by atoms with Gasteiger partial charge in [0.1, 0.15) is 27.0 Å². The molecule has 0 unspecified atom stereocenters. The lowest BCUT2D eigenvalue weighted by Crippen LogP contribution is -1.86. The molecular weight excluding hydrogens is 220 g/mol. The summed E-state index contributed by atoms with van der Waals surface area (Å²) in [4.78, 5) is 9.56. The summed E-state index contributed by atoms with van der Waals surface area (Å²) >= 11 is 1.30. The lowest BCUT2D eigenvalue weighted by molar-refractivity contribution is 1.41. The van der Waals surface area contributed by atoms with Gasteiger partial charge in [0, 0.05) is 0 Å². The van der Waals surface area contributed by atoms with E-state index >= 15 is 0 Å². The van der Waals surface area contributed by atoms with Crippen molar-refractivity contribution >= 4 is 37.7 Å². The summed E-state index contributed by atoms with van der Waals surface area (Å²) in [6.45, 7) is 0. The van der Waals surface area contributed by atoms with Crippen LogP contribution in [0.5, 0.6) is 0 Å². The SMILES string of the molecule is N#Cc1c(N)sc2nc3ccccc3nc12. The zero-order valence-electron chi connectivity index (χ0n) is 8.14. The van der Waals surface area contributed by atoms with Crippen LogP contribution in [0.25, 0.3) is 21.4 Å². The summed E-state index contributed by atoms with van der Waals surface area (Å²) in [5.41, 5.74) is 8.37. The quantitative estimate of drug-likeness (QED) is 0.638. The van der Waals surface area contributed by atoms with Crippen LogP contribution < -0.4 is 5.73 Å². The molecule has 0 aliphatic carbocycles. The Morgan fingerprint density at radius 3 is 2.56 bits per heavy atom. The van der Waals surface area contributed by atoms with Crippen LogP contribution in [0, 0.1) is 11.3 Å². The fourth-order valence-corrected chi connectivity index (χ4v) is 2.44. The van der Waals surface area contributed by atoms with Gasteiger partial charge in [-0.25, -0.2) is 9.97 Å². The number of hydrogen-bond donors (Lipinski definition) is 1. The van der Waals surface area contributed by atoms with Crippen molar-refractivity contribution in [2.75, 3.05) is 5.73 Å². The third-order valence-corrected chi connectivity index (χ3v) is 3.24. The van der Waals surface area contributed by atoms with Gasteiger partial charge in [0.25, 0.3) is 0 Å². The van der Waals surface area contributed by atoms with E-state index in [1.165, 1.54) is 11.3 Å². The Bertz CT molecular complexity index is 739. The van der Waals surface area contributed by atoms with Gasteiger partial charge in [-0.15, -0.1) is 0 Å². The van der Waals surface area contributed by atoms with Gasteiger partial charge < -0.3 is 5.73 Å². The van der Waals surface area contributed by atoms with Crippen molar-refractivity contribution in [3.8, 4) is 6.07 Å². The number of nitrogen functional groups attached to an aromatic ring is 1. The first-order chi connectivity index (χ1) is 7.79. The number of nitriles is 1. The van der Waals surface area contributed by atoms with E-state index in [1.807, 2.05) is 24.3 Å². The average molecular weight is 226 g/mol. The van der Waals surface area contributed by atoms with Crippen molar-refractivity contribution in [2.45, 2.75) is 0 Å². The molecule has 1 aromatic carbocycles. The zero-order valence-corrected chi connectivity index (χ0v) is 8.95. The molecule has 16 heavy (non-hydrogen) atoms. The number of fused-ring (bicyclic) bond motifs is 2. The molecule has 76 valence electrons. The Labute approximate surface area is 95.0 Å². The van der Waals surface area contributed by atoms with Gasteiger partial charge in [0.15, 0.2) is 0 Å². The number of nitrogens with zero attached hydrogens (tertiary/aromatic N) is 3. The predicted octanol–water partition coefficient (Wildman–Crippen LogP) is 2.30. The minimum absolute atomic E-state index is 0.429. The molecule has 0 radical (unpaired) electrons. The van der Waals surface area contributed by atoms with E-state index in [0.717, 1.165) is 11.0 Å². The topological polar surface area (TPSA) is 75.6 Å². The van der Waals surface area contributed by atoms with Crippen molar-refractivity contribution in [2.24, 2.45) is 0 Å². The van der Waals surface area contributed by atoms with Crippen LogP contribution in [0.15, 0.2) is 24.3 Å². The fraction of sp³-hybridized carbons (Fsp3) is 0. The Morgan fingerprint density at radius 2 is 1.88 bits per heavy atom. The molecule has 0 saturated carbocycles. The van der Waals surface area contributed by atoms with E-state index in [1.54, 1.807) is 0 Å². The zero-order chi connectivity index (χ0) is 11.1. The maximum absolute atomic E-state index is 8.99. The largest absolute Gasteiger partial charge is 0.389 e. The molecular formula is C11H6N4S. The lowest BCUT2D eigenvalue weighted by atomic mass is 10.2. The second-order valence-electron chi connectivity index (χ2n) is 3.32. The molecule has 0 aliphatic rings. The monoisotopic (exact) mass is 226 g/mol. The van der Waals surface area contributed by atoms with Crippen LogP contribution in [0.4, 0.5) is 5.00 Å². The van der Waals surface area contributed by atoms with Crippen LogP contribution in [0.3, 0.4) is 0 Å². The van der Waals surface area contributed by atoms with Gasteiger partial charge in [0.05, 0.1) is 11.0 Å². The smallest absolute Gasteiger partial charge is 0.145 e. The van der Waals surface area contributed by atoms with Crippen LogP contribution >= 0.6 is 11.3 Å². The Balaban J connectivity index is 2.53. The number of benzene rings is 1. The molecule has 0 amide bonds. The van der Waals surface area contributed by atoms with Crippen molar-refractivity contribution in [3.05, 3.63) is 29.8 Å². The van der Waals surface area contributed by atoms with Crippen molar-refractivity contribution in [1.29, 1.82) is 5.26 Å². The normalized spacial score (nSPS) is 10.7. The molecule has 2 heterocycles. The van der Waals surface area contributed by atoms with E-state index in [9.17, 15) is 0 Å². The summed E-state index contributed by atoms with van der Waals surface area (Å²) in [7, 11) is 0. The predicted molar refractivity (Wildman–Crippen MR) is 64.0 cm³/mol. The average Bonchev–Trinajstić information content (AvgIpc) is 2.60. The van der Waals surface area contributed by atoms with Gasteiger partial charge in [-0.2, -0.15) is 5.26 Å². The number of hydrogen-bond acceptors (Lipinski definition) is 5. The highest BCUT2D eigenvalue weighted by Gasteiger charge is 2.12. The molecule has 0 atom stereocenters. The van der Waals surface area contributed by atoms with E-state index in [2.05, 4.69) is 16.0 Å². The van der Waals surface area contributed by atoms with E-state index in [-0.39, 0.29) is 0 Å². The summed E-state index contributed by atoms with van der Waals surface area (Å²) in [5.74, 6) is 0. The molecule has 2 N–H and O–H groups in total. The van der Waals surface area contributed by atoms with Gasteiger partial charge in [-0.3, -0.25) is 0 Å². The first-order valence-electron chi connectivity index (χ1n) is 4.64. The molecule has 0 bridgehead atoms. The number of para-hydroxylation sites is 2. The van der Waals surface area contributed by atoms with Crippen LogP contribution in [-0.2, 0) is 0 Å². The molecule has 0 saturated heterocycles. The molecule has 5 heteroatoms. The van der Waals surface area contributed by atoms with Crippen molar-refractivity contribution in [3.63, 3.8) is 0 Å². The third kappa shape index (κ3) is 1.14. The number of thiophene rings is 1. The van der Waals surface area contributed by atoms with Gasteiger partial charge in [0.2, 0.25) is 0 Å². The highest BCUT2D eigenvalue weighted by molar-refractivity contribution is 7.22. The Hall–Kier alpha value is -2.19. The maximum atomic E-state index is 8.99. The van der Waals surface area contributed by atoms with Crippen LogP contribution in [0.2, 0.25) is 0 Å². The molecule has 2 aromatic heterocycles. The van der Waals surface area contributed by atoms with E-state index < -0.39 is 0 Å². The van der Waals surface area contributed by atoms with Crippen molar-refractivity contribution in [1.82, 2.24) is 9.97 Å².